The van der Waals surface area contributed by atoms with Gasteiger partial charge in [0.25, 0.3) is 5.91 Å². The zero-order valence-electron chi connectivity index (χ0n) is 13.2. The van der Waals surface area contributed by atoms with E-state index in [4.69, 9.17) is 4.74 Å². The van der Waals surface area contributed by atoms with Crippen LogP contribution < -0.4 is 9.64 Å². The van der Waals surface area contributed by atoms with Crippen molar-refractivity contribution in [1.29, 1.82) is 0 Å². The highest BCUT2D eigenvalue weighted by atomic mass is 32.1. The van der Waals surface area contributed by atoms with Gasteiger partial charge >= 0.3 is 0 Å². The van der Waals surface area contributed by atoms with Gasteiger partial charge in [-0.1, -0.05) is 35.6 Å². The van der Waals surface area contributed by atoms with E-state index in [-0.39, 0.29) is 5.91 Å². The number of amides is 1. The molecule has 1 aromatic heterocycles. The maximum atomic E-state index is 13.0. The van der Waals surface area contributed by atoms with Crippen LogP contribution in [0, 0.1) is 0 Å². The minimum absolute atomic E-state index is 0.0874. The van der Waals surface area contributed by atoms with E-state index in [0.29, 0.717) is 29.6 Å². The van der Waals surface area contributed by atoms with Crippen LogP contribution in [-0.4, -0.2) is 24.0 Å². The summed E-state index contributed by atoms with van der Waals surface area (Å²) in [4.78, 5) is 19.2. The molecule has 3 aromatic rings. The molecule has 118 valence electrons. The Morgan fingerprint density at radius 1 is 1.13 bits per heavy atom. The summed E-state index contributed by atoms with van der Waals surface area (Å²) in [6, 6.07) is 15.2. The lowest BCUT2D eigenvalue weighted by molar-refractivity contribution is 0.0984. The van der Waals surface area contributed by atoms with Gasteiger partial charge in [0.2, 0.25) is 0 Å². The van der Waals surface area contributed by atoms with Crippen LogP contribution in [0.25, 0.3) is 10.2 Å². The first-order valence-electron chi connectivity index (χ1n) is 7.63. The minimum atomic E-state index is -0.0874. The van der Waals surface area contributed by atoms with Crippen molar-refractivity contribution in [3.63, 3.8) is 0 Å². The summed E-state index contributed by atoms with van der Waals surface area (Å²) in [5.74, 6) is 0.523. The molecule has 2 aromatic carbocycles. The van der Waals surface area contributed by atoms with Crippen LogP contribution in [-0.2, 0) is 0 Å². The van der Waals surface area contributed by atoms with Crippen molar-refractivity contribution < 1.29 is 9.53 Å². The van der Waals surface area contributed by atoms with Gasteiger partial charge in [-0.25, -0.2) is 4.98 Å². The number of anilines is 1. The number of fused-ring (bicyclic) bond motifs is 1. The Morgan fingerprint density at radius 3 is 2.61 bits per heavy atom. The van der Waals surface area contributed by atoms with Gasteiger partial charge in [0.1, 0.15) is 5.75 Å². The van der Waals surface area contributed by atoms with Gasteiger partial charge in [0.05, 0.1) is 22.4 Å². The number of ether oxygens (including phenoxy) is 1. The molecule has 3 rings (SSSR count). The van der Waals surface area contributed by atoms with Crippen LogP contribution in [0.1, 0.15) is 24.2 Å². The smallest absolute Gasteiger partial charge is 0.263 e. The van der Waals surface area contributed by atoms with Gasteiger partial charge in [0.15, 0.2) is 5.13 Å². The molecule has 0 fully saturated rings. The fraction of sp³-hybridized carbons (Fsp3) is 0.222. The molecule has 0 aliphatic carbocycles. The highest BCUT2D eigenvalue weighted by Crippen LogP contribution is 2.30. The van der Waals surface area contributed by atoms with Crippen LogP contribution in [0.2, 0.25) is 0 Å². The van der Waals surface area contributed by atoms with Crippen molar-refractivity contribution in [3.8, 4) is 5.75 Å². The Balaban J connectivity index is 1.98. The van der Waals surface area contributed by atoms with Crippen LogP contribution in [0.5, 0.6) is 5.75 Å². The first kappa shape index (κ1) is 15.5. The Bertz CT molecular complexity index is 796. The van der Waals surface area contributed by atoms with Crippen LogP contribution in [0.15, 0.2) is 48.5 Å². The molecule has 23 heavy (non-hydrogen) atoms. The predicted molar refractivity (Wildman–Crippen MR) is 94.6 cm³/mol. The number of carbonyl (C=O) groups excluding carboxylic acids is 1. The number of hydrogen-bond donors (Lipinski definition) is 0. The van der Waals surface area contributed by atoms with E-state index in [1.807, 2.05) is 56.3 Å². The maximum absolute atomic E-state index is 13.0. The molecule has 1 heterocycles. The summed E-state index contributed by atoms with van der Waals surface area (Å²) >= 11 is 1.53. The van der Waals surface area contributed by atoms with Crippen molar-refractivity contribution in [2.75, 3.05) is 18.1 Å². The molecule has 0 spiro atoms. The third-order valence-electron chi connectivity index (χ3n) is 3.49. The van der Waals surface area contributed by atoms with Gasteiger partial charge in [0, 0.05) is 6.54 Å². The number of nitrogens with zero attached hydrogens (tertiary/aromatic N) is 2. The average molecular weight is 326 g/mol. The Labute approximate surface area is 139 Å². The number of carbonyl (C=O) groups is 1. The summed E-state index contributed by atoms with van der Waals surface area (Å²) in [5.41, 5.74) is 1.48. The second-order valence-electron chi connectivity index (χ2n) is 4.94. The minimum Gasteiger partial charge on any atom is -0.493 e. The highest BCUT2D eigenvalue weighted by Gasteiger charge is 2.22. The number of aromatic nitrogens is 1. The summed E-state index contributed by atoms with van der Waals surface area (Å²) in [7, 11) is 0. The van der Waals surface area contributed by atoms with Crippen molar-refractivity contribution in [1.82, 2.24) is 4.98 Å². The third kappa shape index (κ3) is 3.05. The lowest BCUT2D eigenvalue weighted by atomic mass is 10.2. The molecule has 1 amide bonds. The second kappa shape index (κ2) is 6.79. The standard InChI is InChI=1S/C18H18N2O2S/c1-3-20(18-19-14-10-6-8-12-16(14)23-18)17(21)13-9-5-7-11-15(13)22-4-2/h5-12H,3-4H2,1-2H3. The molecule has 0 unspecified atom stereocenters. The molecule has 0 N–H and O–H groups in total. The molecule has 0 saturated heterocycles. The molecular formula is C18H18N2O2S. The normalized spacial score (nSPS) is 10.7. The van der Waals surface area contributed by atoms with E-state index in [9.17, 15) is 4.79 Å². The monoisotopic (exact) mass is 326 g/mol. The summed E-state index contributed by atoms with van der Waals surface area (Å²) in [5, 5.41) is 0.713. The third-order valence-corrected chi connectivity index (χ3v) is 4.55. The SMILES string of the molecule is CCOc1ccccc1C(=O)N(CC)c1nc2ccccc2s1. The lowest BCUT2D eigenvalue weighted by Crippen LogP contribution is -2.30. The van der Waals surface area contributed by atoms with Crippen molar-refractivity contribution in [2.45, 2.75) is 13.8 Å². The van der Waals surface area contributed by atoms with Crippen molar-refractivity contribution >= 4 is 32.6 Å². The molecule has 0 radical (unpaired) electrons. The van der Waals surface area contributed by atoms with Gasteiger partial charge < -0.3 is 4.74 Å². The lowest BCUT2D eigenvalue weighted by Gasteiger charge is -2.19. The van der Waals surface area contributed by atoms with Crippen LogP contribution >= 0.6 is 11.3 Å². The van der Waals surface area contributed by atoms with E-state index in [0.717, 1.165) is 10.2 Å². The second-order valence-corrected chi connectivity index (χ2v) is 5.95. The number of hydrogen-bond acceptors (Lipinski definition) is 4. The van der Waals surface area contributed by atoms with Crippen molar-refractivity contribution in [3.05, 3.63) is 54.1 Å². The van der Waals surface area contributed by atoms with Crippen LogP contribution in [0.3, 0.4) is 0 Å². The number of benzene rings is 2. The first-order valence-corrected chi connectivity index (χ1v) is 8.45. The topological polar surface area (TPSA) is 42.4 Å². The van der Waals surface area contributed by atoms with E-state index in [1.54, 1.807) is 11.0 Å². The molecule has 5 heteroatoms. The zero-order chi connectivity index (χ0) is 16.2. The number of para-hydroxylation sites is 2. The predicted octanol–water partition coefficient (Wildman–Crippen LogP) is 4.36. The number of rotatable bonds is 5. The highest BCUT2D eigenvalue weighted by molar-refractivity contribution is 7.22. The van der Waals surface area contributed by atoms with E-state index in [2.05, 4.69) is 4.98 Å². The van der Waals surface area contributed by atoms with E-state index >= 15 is 0 Å². The summed E-state index contributed by atoms with van der Waals surface area (Å²) < 4.78 is 6.66. The zero-order valence-corrected chi connectivity index (χ0v) is 14.0. The first-order chi connectivity index (χ1) is 11.2. The Kier molecular flexibility index (Phi) is 4.57. The van der Waals surface area contributed by atoms with E-state index in [1.165, 1.54) is 11.3 Å². The van der Waals surface area contributed by atoms with Crippen LogP contribution in [0.4, 0.5) is 5.13 Å². The summed E-state index contributed by atoms with van der Waals surface area (Å²) in [6.45, 7) is 4.94. The van der Waals surface area contributed by atoms with Gasteiger partial charge in [-0.2, -0.15) is 0 Å². The summed E-state index contributed by atoms with van der Waals surface area (Å²) in [6.07, 6.45) is 0. The molecule has 0 saturated carbocycles. The van der Waals surface area contributed by atoms with E-state index < -0.39 is 0 Å². The van der Waals surface area contributed by atoms with Gasteiger partial charge in [-0.15, -0.1) is 0 Å². The quantitative estimate of drug-likeness (QED) is 0.699. The fourth-order valence-electron chi connectivity index (χ4n) is 2.41. The van der Waals surface area contributed by atoms with Gasteiger partial charge in [-0.3, -0.25) is 9.69 Å². The van der Waals surface area contributed by atoms with Gasteiger partial charge in [-0.05, 0) is 38.1 Å². The van der Waals surface area contributed by atoms with Crippen molar-refractivity contribution in [2.24, 2.45) is 0 Å². The molecule has 0 aliphatic rings. The maximum Gasteiger partial charge on any atom is 0.263 e. The fourth-order valence-corrected chi connectivity index (χ4v) is 3.44. The molecule has 0 atom stereocenters. The molecule has 4 nitrogen and oxygen atoms in total. The molecule has 0 aliphatic heterocycles. The molecule has 0 bridgehead atoms. The largest absolute Gasteiger partial charge is 0.493 e. The molecular weight excluding hydrogens is 308 g/mol. The Hall–Kier alpha value is -2.40. The average Bonchev–Trinajstić information content (AvgIpc) is 3.00. The Morgan fingerprint density at radius 2 is 1.87 bits per heavy atom. The number of thiazole rings is 1.